The third-order valence-electron chi connectivity index (χ3n) is 6.38. The molecule has 1 aromatic heterocycles. The average Bonchev–Trinajstić information content (AvgIpc) is 3.24. The van der Waals surface area contributed by atoms with E-state index >= 15 is 0 Å². The van der Waals surface area contributed by atoms with E-state index in [4.69, 9.17) is 16.6 Å². The number of hydrogen-bond acceptors (Lipinski definition) is 3. The summed E-state index contributed by atoms with van der Waals surface area (Å²) in [5, 5.41) is 4.98. The summed E-state index contributed by atoms with van der Waals surface area (Å²) in [5.74, 6) is -0.0168. The summed E-state index contributed by atoms with van der Waals surface area (Å²) in [7, 11) is 0. The zero-order chi connectivity index (χ0) is 20.5. The van der Waals surface area contributed by atoms with Crippen LogP contribution in [0.3, 0.4) is 0 Å². The zero-order valence-corrected chi connectivity index (χ0v) is 17.8. The number of pyridine rings is 1. The van der Waals surface area contributed by atoms with Gasteiger partial charge in [-0.15, -0.1) is 0 Å². The van der Waals surface area contributed by atoms with Crippen molar-refractivity contribution in [2.45, 2.75) is 44.7 Å². The number of nitrogens with zero attached hydrogens (tertiary/aromatic N) is 2. The second-order valence-corrected chi connectivity index (χ2v) is 8.82. The van der Waals surface area contributed by atoms with Gasteiger partial charge in [-0.2, -0.15) is 0 Å². The number of amides is 1. The second kappa shape index (κ2) is 8.37. The largest absolute Gasteiger partial charge is 0.349 e. The van der Waals surface area contributed by atoms with Gasteiger partial charge in [0.15, 0.2) is 0 Å². The Morgan fingerprint density at radius 3 is 2.70 bits per heavy atom. The molecule has 0 saturated carbocycles. The first-order chi connectivity index (χ1) is 14.7. The van der Waals surface area contributed by atoms with E-state index in [0.29, 0.717) is 5.56 Å². The van der Waals surface area contributed by atoms with Gasteiger partial charge in [-0.1, -0.05) is 48.0 Å². The van der Waals surface area contributed by atoms with Crippen LogP contribution in [0, 0.1) is 0 Å². The first kappa shape index (κ1) is 19.5. The molecule has 3 aromatic rings. The number of nitrogens with one attached hydrogen (secondary N) is 1. The van der Waals surface area contributed by atoms with Crippen molar-refractivity contribution in [1.29, 1.82) is 0 Å². The van der Waals surface area contributed by atoms with Crippen molar-refractivity contribution in [3.63, 3.8) is 0 Å². The van der Waals surface area contributed by atoms with Crippen LogP contribution in [0.15, 0.2) is 48.5 Å². The monoisotopic (exact) mass is 419 g/mol. The SMILES string of the molecule is O=C(NC1CCN(Cc2ccccc2)CC1)c1ccc2c(Cl)c3c(nc2c1)CCC3. The lowest BCUT2D eigenvalue weighted by atomic mass is 10.0. The van der Waals surface area contributed by atoms with Crippen molar-refractivity contribution in [2.75, 3.05) is 13.1 Å². The van der Waals surface area contributed by atoms with E-state index in [9.17, 15) is 4.79 Å². The lowest BCUT2D eigenvalue weighted by molar-refractivity contribution is 0.0909. The molecular formula is C25H26ClN3O. The van der Waals surface area contributed by atoms with Crippen LogP contribution in [0.4, 0.5) is 0 Å². The zero-order valence-electron chi connectivity index (χ0n) is 17.0. The highest BCUT2D eigenvalue weighted by Crippen LogP contribution is 2.33. The molecule has 5 heteroatoms. The van der Waals surface area contributed by atoms with Crippen molar-refractivity contribution in [3.8, 4) is 0 Å². The molecule has 2 aliphatic rings. The maximum absolute atomic E-state index is 12.9. The number of benzene rings is 2. The predicted octanol–water partition coefficient (Wildman–Crippen LogP) is 4.77. The normalized spacial score (nSPS) is 17.2. The molecule has 1 fully saturated rings. The first-order valence-electron chi connectivity index (χ1n) is 10.9. The van der Waals surface area contributed by atoms with Gasteiger partial charge in [0.25, 0.3) is 5.91 Å². The Kier molecular flexibility index (Phi) is 5.45. The highest BCUT2D eigenvalue weighted by molar-refractivity contribution is 6.36. The minimum absolute atomic E-state index is 0.0168. The summed E-state index contributed by atoms with van der Waals surface area (Å²) >= 11 is 6.60. The van der Waals surface area contributed by atoms with Crippen molar-refractivity contribution in [2.24, 2.45) is 0 Å². The highest BCUT2D eigenvalue weighted by atomic mass is 35.5. The molecule has 0 radical (unpaired) electrons. The molecule has 2 aromatic carbocycles. The third kappa shape index (κ3) is 3.94. The number of aryl methyl sites for hydroxylation is 1. The predicted molar refractivity (Wildman–Crippen MR) is 121 cm³/mol. The van der Waals surface area contributed by atoms with Crippen LogP contribution in [0.2, 0.25) is 5.02 Å². The molecule has 0 unspecified atom stereocenters. The summed E-state index contributed by atoms with van der Waals surface area (Å²) in [6, 6.07) is 16.5. The fraction of sp³-hybridized carbons (Fsp3) is 0.360. The van der Waals surface area contributed by atoms with Crippen LogP contribution < -0.4 is 5.32 Å². The summed E-state index contributed by atoms with van der Waals surface area (Å²) in [5.41, 5.74) is 5.11. The molecule has 30 heavy (non-hydrogen) atoms. The topological polar surface area (TPSA) is 45.2 Å². The van der Waals surface area contributed by atoms with E-state index in [2.05, 4.69) is 40.5 Å². The number of carbonyl (C=O) groups is 1. The number of rotatable bonds is 4. The molecule has 1 saturated heterocycles. The molecule has 0 spiro atoms. The number of aromatic nitrogens is 1. The Morgan fingerprint density at radius 2 is 1.90 bits per heavy atom. The Morgan fingerprint density at radius 1 is 1.10 bits per heavy atom. The number of piperidine rings is 1. The fourth-order valence-electron chi connectivity index (χ4n) is 4.69. The van der Waals surface area contributed by atoms with Crippen molar-refractivity contribution >= 4 is 28.4 Å². The molecule has 1 N–H and O–H groups in total. The van der Waals surface area contributed by atoms with E-state index in [1.807, 2.05) is 18.2 Å². The quantitative estimate of drug-likeness (QED) is 0.662. The van der Waals surface area contributed by atoms with Crippen molar-refractivity contribution in [1.82, 2.24) is 15.2 Å². The third-order valence-corrected chi connectivity index (χ3v) is 6.81. The van der Waals surface area contributed by atoms with Gasteiger partial charge in [0.05, 0.1) is 10.5 Å². The van der Waals surface area contributed by atoms with Crippen LogP contribution in [0.1, 0.15) is 46.4 Å². The summed E-state index contributed by atoms with van der Waals surface area (Å²) < 4.78 is 0. The maximum atomic E-state index is 12.9. The maximum Gasteiger partial charge on any atom is 0.251 e. The standard InChI is InChI=1S/C25H26ClN3O/c26-24-20-7-4-8-22(20)28-23-15-18(9-10-21(23)24)25(30)27-19-11-13-29(14-12-19)16-17-5-2-1-3-6-17/h1-3,5-6,9-10,15,19H,4,7-8,11-14,16H2,(H,27,30). The molecule has 2 heterocycles. The summed E-state index contributed by atoms with van der Waals surface area (Å²) in [4.78, 5) is 20.1. The fourth-order valence-corrected chi connectivity index (χ4v) is 5.06. The molecular weight excluding hydrogens is 394 g/mol. The minimum Gasteiger partial charge on any atom is -0.349 e. The Hall–Kier alpha value is -2.43. The molecule has 1 amide bonds. The molecule has 4 nitrogen and oxygen atoms in total. The number of fused-ring (bicyclic) bond motifs is 2. The van der Waals surface area contributed by atoms with Gasteiger partial charge in [0.1, 0.15) is 0 Å². The second-order valence-electron chi connectivity index (χ2n) is 8.45. The van der Waals surface area contributed by atoms with E-state index in [1.54, 1.807) is 0 Å². The number of hydrogen-bond donors (Lipinski definition) is 1. The number of carbonyl (C=O) groups excluding carboxylic acids is 1. The number of halogens is 1. The van der Waals surface area contributed by atoms with Crippen LogP contribution in [-0.2, 0) is 19.4 Å². The number of likely N-dealkylation sites (tertiary alicyclic amines) is 1. The van der Waals surface area contributed by atoms with Gasteiger partial charge in [-0.25, -0.2) is 0 Å². The minimum atomic E-state index is -0.0168. The van der Waals surface area contributed by atoms with Crippen molar-refractivity contribution in [3.05, 3.63) is 75.9 Å². The average molecular weight is 420 g/mol. The highest BCUT2D eigenvalue weighted by Gasteiger charge is 2.22. The molecule has 5 rings (SSSR count). The van der Waals surface area contributed by atoms with Gasteiger partial charge in [0, 0.05) is 42.3 Å². The van der Waals surface area contributed by atoms with E-state index < -0.39 is 0 Å². The molecule has 154 valence electrons. The van der Waals surface area contributed by atoms with Gasteiger partial charge in [-0.3, -0.25) is 14.7 Å². The molecule has 1 aliphatic carbocycles. The van der Waals surface area contributed by atoms with Gasteiger partial charge < -0.3 is 5.32 Å². The summed E-state index contributed by atoms with van der Waals surface area (Å²) in [6.45, 7) is 2.98. The van der Waals surface area contributed by atoms with Gasteiger partial charge >= 0.3 is 0 Å². The van der Waals surface area contributed by atoms with Gasteiger partial charge in [-0.05, 0) is 55.4 Å². The Balaban J connectivity index is 1.23. The Bertz CT molecular complexity index is 1070. The van der Waals surface area contributed by atoms with Crippen LogP contribution in [-0.4, -0.2) is 34.9 Å². The van der Waals surface area contributed by atoms with E-state index in [0.717, 1.165) is 73.4 Å². The lowest BCUT2D eigenvalue weighted by Gasteiger charge is -2.32. The molecule has 0 atom stereocenters. The molecule has 1 aliphatic heterocycles. The van der Waals surface area contributed by atoms with Crippen LogP contribution in [0.5, 0.6) is 0 Å². The molecule has 0 bridgehead atoms. The van der Waals surface area contributed by atoms with Crippen molar-refractivity contribution < 1.29 is 4.79 Å². The lowest BCUT2D eigenvalue weighted by Crippen LogP contribution is -2.44. The first-order valence-corrected chi connectivity index (χ1v) is 11.2. The van der Waals surface area contributed by atoms with Crippen LogP contribution in [0.25, 0.3) is 10.9 Å². The smallest absolute Gasteiger partial charge is 0.251 e. The van der Waals surface area contributed by atoms with Crippen LogP contribution >= 0.6 is 11.6 Å². The van der Waals surface area contributed by atoms with Gasteiger partial charge in [0.2, 0.25) is 0 Å². The van der Waals surface area contributed by atoms with E-state index in [1.165, 1.54) is 11.1 Å². The Labute approximate surface area is 182 Å². The van der Waals surface area contributed by atoms with E-state index in [-0.39, 0.29) is 11.9 Å². The summed E-state index contributed by atoms with van der Waals surface area (Å²) in [6.07, 6.45) is 5.04.